The van der Waals surface area contributed by atoms with Gasteiger partial charge in [0.2, 0.25) is 11.8 Å². The number of aryl methyl sites for hydroxylation is 1. The van der Waals surface area contributed by atoms with Gasteiger partial charge < -0.3 is 9.80 Å². The first kappa shape index (κ1) is 19.6. The van der Waals surface area contributed by atoms with Crippen LogP contribution in [0.25, 0.3) is 0 Å². The minimum atomic E-state index is -0.212. The van der Waals surface area contributed by atoms with Crippen molar-refractivity contribution >= 4 is 11.8 Å². The fourth-order valence-electron chi connectivity index (χ4n) is 4.29. The second-order valence-electron chi connectivity index (χ2n) is 8.20. The molecule has 0 spiro atoms. The topological polar surface area (TPSA) is 80.4 Å². The van der Waals surface area contributed by atoms with Crippen molar-refractivity contribution < 1.29 is 9.59 Å². The number of nitrogens with zero attached hydrogens (tertiary/aromatic N) is 5. The van der Waals surface area contributed by atoms with E-state index in [1.165, 1.54) is 4.68 Å². The Morgan fingerprint density at radius 2 is 1.89 bits per heavy atom. The molecule has 0 radical (unpaired) electrons. The standard InChI is InChI=1S/C19H31N5O3/c1-5-24-17(20-21(4)19(24)27)14-6-8-22(9-7-14)18(26)15-10-16(25)23(12-15)11-13(2)3/h13-15H,5-12H2,1-4H3/t15-/m1/s1. The van der Waals surface area contributed by atoms with Crippen molar-refractivity contribution in [2.24, 2.45) is 18.9 Å². The van der Waals surface area contributed by atoms with Crippen molar-refractivity contribution in [3.63, 3.8) is 0 Å². The highest BCUT2D eigenvalue weighted by Gasteiger charge is 2.38. The minimum absolute atomic E-state index is 0.0827. The summed E-state index contributed by atoms with van der Waals surface area (Å²) in [5, 5.41) is 4.41. The molecule has 2 amide bonds. The highest BCUT2D eigenvalue weighted by molar-refractivity contribution is 5.89. The fourth-order valence-corrected chi connectivity index (χ4v) is 4.29. The highest BCUT2D eigenvalue weighted by Crippen LogP contribution is 2.28. The Labute approximate surface area is 160 Å². The summed E-state index contributed by atoms with van der Waals surface area (Å²) in [6, 6.07) is 0. The molecule has 3 rings (SSSR count). The predicted molar refractivity (Wildman–Crippen MR) is 101 cm³/mol. The van der Waals surface area contributed by atoms with Crippen molar-refractivity contribution in [1.29, 1.82) is 0 Å². The van der Waals surface area contributed by atoms with Gasteiger partial charge in [0.05, 0.1) is 5.92 Å². The summed E-state index contributed by atoms with van der Waals surface area (Å²) in [5.74, 6) is 1.42. The van der Waals surface area contributed by atoms with Gasteiger partial charge in [0, 0.05) is 52.1 Å². The third-order valence-corrected chi connectivity index (χ3v) is 5.67. The van der Waals surface area contributed by atoms with Gasteiger partial charge in [0.15, 0.2) is 0 Å². The lowest BCUT2D eigenvalue weighted by molar-refractivity contribution is -0.136. The van der Waals surface area contributed by atoms with E-state index in [1.54, 1.807) is 11.6 Å². The Morgan fingerprint density at radius 3 is 2.48 bits per heavy atom. The zero-order valence-electron chi connectivity index (χ0n) is 16.8. The van der Waals surface area contributed by atoms with Crippen molar-refractivity contribution in [3.8, 4) is 0 Å². The van der Waals surface area contributed by atoms with E-state index in [0.717, 1.165) is 25.2 Å². The van der Waals surface area contributed by atoms with E-state index < -0.39 is 0 Å². The molecule has 3 heterocycles. The van der Waals surface area contributed by atoms with Gasteiger partial charge >= 0.3 is 5.69 Å². The summed E-state index contributed by atoms with van der Waals surface area (Å²) in [7, 11) is 1.68. The fraction of sp³-hybridized carbons (Fsp3) is 0.789. The molecule has 0 saturated carbocycles. The monoisotopic (exact) mass is 377 g/mol. The van der Waals surface area contributed by atoms with E-state index in [1.807, 2.05) is 16.7 Å². The lowest BCUT2D eigenvalue weighted by Crippen LogP contribution is -2.42. The first-order valence-electron chi connectivity index (χ1n) is 10.0. The number of carbonyl (C=O) groups excluding carboxylic acids is 2. The van der Waals surface area contributed by atoms with Gasteiger partial charge in [-0.2, -0.15) is 5.10 Å². The third-order valence-electron chi connectivity index (χ3n) is 5.67. The zero-order chi connectivity index (χ0) is 19.7. The lowest BCUT2D eigenvalue weighted by Gasteiger charge is -2.33. The van der Waals surface area contributed by atoms with Crippen LogP contribution in [0.4, 0.5) is 0 Å². The molecule has 1 aromatic heterocycles. The first-order chi connectivity index (χ1) is 12.8. The van der Waals surface area contributed by atoms with Crippen molar-refractivity contribution in [2.45, 2.75) is 52.5 Å². The van der Waals surface area contributed by atoms with Gasteiger partial charge in [-0.05, 0) is 25.7 Å². The Balaban J connectivity index is 1.60. The molecule has 0 aliphatic carbocycles. The molecule has 27 heavy (non-hydrogen) atoms. The van der Waals surface area contributed by atoms with Gasteiger partial charge in [-0.15, -0.1) is 0 Å². The molecule has 1 atom stereocenters. The van der Waals surface area contributed by atoms with Gasteiger partial charge in [-0.3, -0.25) is 14.2 Å². The number of carbonyl (C=O) groups is 2. The Hall–Kier alpha value is -2.12. The summed E-state index contributed by atoms with van der Waals surface area (Å²) in [6.45, 7) is 9.31. The average molecular weight is 377 g/mol. The van der Waals surface area contributed by atoms with Crippen LogP contribution >= 0.6 is 0 Å². The third kappa shape index (κ3) is 3.94. The van der Waals surface area contributed by atoms with Crippen LogP contribution in [0.15, 0.2) is 4.79 Å². The molecular formula is C19H31N5O3. The molecule has 2 aliphatic heterocycles. The molecule has 0 aromatic carbocycles. The molecule has 2 aliphatic rings. The minimum Gasteiger partial charge on any atom is -0.342 e. The van der Waals surface area contributed by atoms with Crippen LogP contribution in [0.5, 0.6) is 0 Å². The average Bonchev–Trinajstić information content (AvgIpc) is 3.14. The molecule has 1 aromatic rings. The van der Waals surface area contributed by atoms with Crippen molar-refractivity contribution in [2.75, 3.05) is 26.2 Å². The molecule has 8 heteroatoms. The molecule has 0 unspecified atom stereocenters. The molecular weight excluding hydrogens is 346 g/mol. The van der Waals surface area contributed by atoms with Crippen LogP contribution in [-0.2, 0) is 23.2 Å². The molecule has 0 N–H and O–H groups in total. The normalized spacial score (nSPS) is 21.5. The second-order valence-corrected chi connectivity index (χ2v) is 8.20. The van der Waals surface area contributed by atoms with Crippen LogP contribution < -0.4 is 5.69 Å². The van der Waals surface area contributed by atoms with Crippen molar-refractivity contribution in [1.82, 2.24) is 24.1 Å². The molecule has 8 nitrogen and oxygen atoms in total. The Morgan fingerprint density at radius 1 is 1.22 bits per heavy atom. The van der Waals surface area contributed by atoms with Crippen molar-refractivity contribution in [3.05, 3.63) is 16.3 Å². The van der Waals surface area contributed by atoms with Crippen LogP contribution in [0.2, 0.25) is 0 Å². The highest BCUT2D eigenvalue weighted by atomic mass is 16.2. The van der Waals surface area contributed by atoms with Gasteiger partial charge in [0.25, 0.3) is 0 Å². The van der Waals surface area contributed by atoms with E-state index in [2.05, 4.69) is 18.9 Å². The largest absolute Gasteiger partial charge is 0.345 e. The molecule has 150 valence electrons. The number of hydrogen-bond acceptors (Lipinski definition) is 4. The van der Waals surface area contributed by atoms with Crippen LogP contribution in [0.3, 0.4) is 0 Å². The number of hydrogen-bond donors (Lipinski definition) is 0. The van der Waals surface area contributed by atoms with Gasteiger partial charge in [0.1, 0.15) is 5.82 Å². The number of piperidine rings is 1. The maximum atomic E-state index is 12.9. The quantitative estimate of drug-likeness (QED) is 0.761. The predicted octanol–water partition coefficient (Wildman–Crippen LogP) is 0.812. The second kappa shape index (κ2) is 7.86. The summed E-state index contributed by atoms with van der Waals surface area (Å²) in [4.78, 5) is 40.9. The summed E-state index contributed by atoms with van der Waals surface area (Å²) in [5.41, 5.74) is -0.0827. The smallest absolute Gasteiger partial charge is 0.342 e. The zero-order valence-corrected chi connectivity index (χ0v) is 16.8. The summed E-state index contributed by atoms with van der Waals surface area (Å²) < 4.78 is 3.12. The lowest BCUT2D eigenvalue weighted by atomic mass is 9.94. The van der Waals surface area contributed by atoms with Crippen LogP contribution in [0.1, 0.15) is 51.8 Å². The van der Waals surface area contributed by atoms with Gasteiger partial charge in [-0.25, -0.2) is 9.48 Å². The summed E-state index contributed by atoms with van der Waals surface area (Å²) >= 11 is 0. The van der Waals surface area contributed by atoms with E-state index in [0.29, 0.717) is 38.5 Å². The summed E-state index contributed by atoms with van der Waals surface area (Å²) in [6.07, 6.45) is 1.94. The molecule has 2 fully saturated rings. The Bertz CT molecular complexity index is 758. The first-order valence-corrected chi connectivity index (χ1v) is 10.0. The Kier molecular flexibility index (Phi) is 5.72. The van der Waals surface area contributed by atoms with E-state index in [9.17, 15) is 14.4 Å². The van der Waals surface area contributed by atoms with Crippen LogP contribution in [0, 0.1) is 11.8 Å². The number of amides is 2. The van der Waals surface area contributed by atoms with E-state index in [4.69, 9.17) is 0 Å². The van der Waals surface area contributed by atoms with E-state index in [-0.39, 0.29) is 29.3 Å². The van der Waals surface area contributed by atoms with E-state index >= 15 is 0 Å². The maximum Gasteiger partial charge on any atom is 0.345 e. The van der Waals surface area contributed by atoms with Gasteiger partial charge in [-0.1, -0.05) is 13.8 Å². The molecule has 0 bridgehead atoms. The maximum absolute atomic E-state index is 12.9. The SMILES string of the molecule is CCn1c(C2CCN(C(=O)[C@@H]3CC(=O)N(CC(C)C)C3)CC2)nn(C)c1=O. The number of rotatable bonds is 5. The number of aromatic nitrogens is 3. The van der Waals surface area contributed by atoms with Crippen LogP contribution in [-0.4, -0.2) is 62.1 Å². The number of likely N-dealkylation sites (tertiary alicyclic amines) is 2. The molecule has 2 saturated heterocycles.